The normalized spacial score (nSPS) is 10.2. The number of nitrogens with one attached hydrogen (secondary N) is 2. The summed E-state index contributed by atoms with van der Waals surface area (Å²) in [6.45, 7) is 3.54. The maximum atomic E-state index is 12.2. The molecule has 0 atom stereocenters. The molecule has 3 rings (SSSR count). The fourth-order valence-corrected chi connectivity index (χ4v) is 2.35. The zero-order valence-electron chi connectivity index (χ0n) is 15.5. The third-order valence-electron chi connectivity index (χ3n) is 3.91. The molecule has 0 unspecified atom stereocenters. The number of nitrogens with zero attached hydrogens (tertiary/aromatic N) is 3. The highest BCUT2D eigenvalue weighted by Gasteiger charge is 2.11. The summed E-state index contributed by atoms with van der Waals surface area (Å²) in [5, 5.41) is 3.12. The molecule has 0 radical (unpaired) electrons. The molecule has 8 nitrogen and oxygen atoms in total. The Balaban J connectivity index is 1.79. The number of hydrogen-bond donors (Lipinski definition) is 2. The van der Waals surface area contributed by atoms with Crippen LogP contribution in [0.1, 0.15) is 29.3 Å². The molecule has 2 aromatic heterocycles. The summed E-state index contributed by atoms with van der Waals surface area (Å²) in [7, 11) is 0. The number of benzene rings is 1. The lowest BCUT2D eigenvalue weighted by Crippen LogP contribution is -2.26. The van der Waals surface area contributed by atoms with Crippen molar-refractivity contribution in [2.45, 2.75) is 20.3 Å². The molecule has 2 heterocycles. The first kappa shape index (κ1) is 19.0. The molecule has 0 aliphatic carbocycles. The third kappa shape index (κ3) is 4.67. The van der Waals surface area contributed by atoms with Crippen LogP contribution in [-0.4, -0.2) is 26.8 Å². The molecule has 1 amide bonds. The van der Waals surface area contributed by atoms with Gasteiger partial charge in [0.15, 0.2) is 0 Å². The fourth-order valence-electron chi connectivity index (χ4n) is 2.35. The second kappa shape index (κ2) is 8.72. The molecule has 2 N–H and O–H groups in total. The number of carbonyl (C=O) groups is 2. The molecule has 0 saturated heterocycles. The first-order chi connectivity index (χ1) is 13.6. The van der Waals surface area contributed by atoms with Crippen molar-refractivity contribution in [3.63, 3.8) is 0 Å². The van der Waals surface area contributed by atoms with E-state index in [2.05, 4.69) is 30.6 Å². The van der Waals surface area contributed by atoms with Gasteiger partial charge in [-0.1, -0.05) is 13.0 Å². The van der Waals surface area contributed by atoms with Gasteiger partial charge in [-0.2, -0.15) is 5.48 Å². The molecular formula is C20H19N5O3. The number of pyridine rings is 1. The van der Waals surface area contributed by atoms with Gasteiger partial charge >= 0.3 is 5.97 Å². The van der Waals surface area contributed by atoms with E-state index in [1.54, 1.807) is 49.8 Å². The maximum Gasteiger partial charge on any atom is 0.331 e. The van der Waals surface area contributed by atoms with E-state index in [1.165, 1.54) is 0 Å². The Kier molecular flexibility index (Phi) is 5.91. The SMILES string of the molecule is CCC(=O)ONC(=O)c1ccc(C)c(Nc2nccc(-c3cccnc3)n2)c1. The Morgan fingerprint density at radius 2 is 2.00 bits per heavy atom. The summed E-state index contributed by atoms with van der Waals surface area (Å²) in [6.07, 6.45) is 5.24. The number of anilines is 2. The molecule has 0 aliphatic rings. The molecule has 8 heteroatoms. The molecule has 0 bridgehead atoms. The number of aryl methyl sites for hydroxylation is 1. The second-order valence-electron chi connectivity index (χ2n) is 5.92. The monoisotopic (exact) mass is 377 g/mol. The fraction of sp³-hybridized carbons (Fsp3) is 0.150. The van der Waals surface area contributed by atoms with Gasteiger partial charge in [0.05, 0.1) is 5.69 Å². The number of aromatic nitrogens is 3. The molecule has 0 spiro atoms. The summed E-state index contributed by atoms with van der Waals surface area (Å²) in [6, 6.07) is 10.6. The Bertz CT molecular complexity index is 992. The zero-order chi connectivity index (χ0) is 19.9. The van der Waals surface area contributed by atoms with Crippen molar-refractivity contribution in [1.82, 2.24) is 20.4 Å². The Hall–Kier alpha value is -3.81. The van der Waals surface area contributed by atoms with Gasteiger partial charge in [-0.15, -0.1) is 0 Å². The average Bonchev–Trinajstić information content (AvgIpc) is 2.74. The van der Waals surface area contributed by atoms with Crippen molar-refractivity contribution < 1.29 is 14.4 Å². The molecule has 0 aliphatic heterocycles. The quantitative estimate of drug-likeness (QED) is 0.658. The van der Waals surface area contributed by atoms with Crippen LogP contribution in [0.2, 0.25) is 0 Å². The van der Waals surface area contributed by atoms with Crippen molar-refractivity contribution in [2.24, 2.45) is 0 Å². The van der Waals surface area contributed by atoms with Crippen LogP contribution in [0.4, 0.5) is 11.6 Å². The van der Waals surface area contributed by atoms with Crippen molar-refractivity contribution in [2.75, 3.05) is 5.32 Å². The van der Waals surface area contributed by atoms with E-state index in [0.29, 0.717) is 17.2 Å². The highest BCUT2D eigenvalue weighted by atomic mass is 16.7. The molecular weight excluding hydrogens is 358 g/mol. The summed E-state index contributed by atoms with van der Waals surface area (Å²) in [5.41, 5.74) is 5.63. The third-order valence-corrected chi connectivity index (χ3v) is 3.91. The number of hydroxylamine groups is 1. The van der Waals surface area contributed by atoms with Crippen LogP contribution in [0.3, 0.4) is 0 Å². The smallest absolute Gasteiger partial charge is 0.331 e. The lowest BCUT2D eigenvalue weighted by molar-refractivity contribution is -0.148. The van der Waals surface area contributed by atoms with Gasteiger partial charge in [0.1, 0.15) is 0 Å². The summed E-state index contributed by atoms with van der Waals surface area (Å²) in [4.78, 5) is 40.8. The molecule has 142 valence electrons. The highest BCUT2D eigenvalue weighted by Crippen LogP contribution is 2.22. The van der Waals surface area contributed by atoms with E-state index in [4.69, 9.17) is 0 Å². The maximum absolute atomic E-state index is 12.2. The van der Waals surface area contributed by atoms with Gasteiger partial charge in [0.2, 0.25) is 5.95 Å². The number of rotatable bonds is 5. The van der Waals surface area contributed by atoms with E-state index in [0.717, 1.165) is 16.8 Å². The summed E-state index contributed by atoms with van der Waals surface area (Å²) >= 11 is 0. The lowest BCUT2D eigenvalue weighted by Gasteiger charge is -2.11. The van der Waals surface area contributed by atoms with Crippen LogP contribution in [0.15, 0.2) is 55.0 Å². The number of hydrogen-bond acceptors (Lipinski definition) is 7. The van der Waals surface area contributed by atoms with Gasteiger partial charge in [-0.05, 0) is 42.8 Å². The van der Waals surface area contributed by atoms with Crippen molar-refractivity contribution in [3.05, 3.63) is 66.1 Å². The topological polar surface area (TPSA) is 106 Å². The molecule has 3 aromatic rings. The van der Waals surface area contributed by atoms with Crippen molar-refractivity contribution in [3.8, 4) is 11.3 Å². The summed E-state index contributed by atoms with van der Waals surface area (Å²) in [5.74, 6) is -0.645. The minimum atomic E-state index is -0.519. The van der Waals surface area contributed by atoms with E-state index in [1.807, 2.05) is 19.1 Å². The second-order valence-corrected chi connectivity index (χ2v) is 5.92. The molecule has 0 fully saturated rings. The first-order valence-electron chi connectivity index (χ1n) is 8.68. The Labute approximate surface area is 162 Å². The van der Waals surface area contributed by atoms with Crippen molar-refractivity contribution in [1.29, 1.82) is 0 Å². The number of carbonyl (C=O) groups excluding carboxylic acids is 2. The van der Waals surface area contributed by atoms with E-state index < -0.39 is 11.9 Å². The van der Waals surface area contributed by atoms with Gasteiger partial charge < -0.3 is 10.2 Å². The minimum absolute atomic E-state index is 0.172. The first-order valence-corrected chi connectivity index (χ1v) is 8.68. The zero-order valence-corrected chi connectivity index (χ0v) is 15.5. The van der Waals surface area contributed by atoms with Gasteiger partial charge in [-0.3, -0.25) is 9.78 Å². The standard InChI is InChI=1S/C20H19N5O3/c1-3-18(26)28-25-19(27)14-7-6-13(2)17(11-14)24-20-22-10-8-16(23-20)15-5-4-9-21-12-15/h4-12H,3H2,1-2H3,(H,25,27)(H,22,23,24). The largest absolute Gasteiger partial charge is 0.341 e. The molecule has 1 aromatic carbocycles. The Morgan fingerprint density at radius 3 is 2.75 bits per heavy atom. The van der Waals surface area contributed by atoms with Crippen LogP contribution < -0.4 is 10.8 Å². The van der Waals surface area contributed by atoms with Crippen LogP contribution in [0.25, 0.3) is 11.3 Å². The van der Waals surface area contributed by atoms with Crippen LogP contribution in [-0.2, 0) is 9.63 Å². The minimum Gasteiger partial charge on any atom is -0.341 e. The van der Waals surface area contributed by atoms with E-state index in [9.17, 15) is 9.59 Å². The lowest BCUT2D eigenvalue weighted by atomic mass is 10.1. The Morgan fingerprint density at radius 1 is 1.14 bits per heavy atom. The van der Waals surface area contributed by atoms with Gasteiger partial charge in [-0.25, -0.2) is 14.8 Å². The highest BCUT2D eigenvalue weighted by molar-refractivity contribution is 5.95. The molecule has 0 saturated carbocycles. The van der Waals surface area contributed by atoms with E-state index in [-0.39, 0.29) is 6.42 Å². The van der Waals surface area contributed by atoms with Crippen LogP contribution >= 0.6 is 0 Å². The van der Waals surface area contributed by atoms with Crippen LogP contribution in [0.5, 0.6) is 0 Å². The molecule has 28 heavy (non-hydrogen) atoms. The van der Waals surface area contributed by atoms with E-state index >= 15 is 0 Å². The van der Waals surface area contributed by atoms with Gasteiger partial charge in [0.25, 0.3) is 5.91 Å². The predicted octanol–water partition coefficient (Wildman–Crippen LogP) is 3.19. The van der Waals surface area contributed by atoms with Gasteiger partial charge in [0, 0.05) is 41.8 Å². The summed E-state index contributed by atoms with van der Waals surface area (Å²) < 4.78 is 0. The average molecular weight is 377 g/mol. The predicted molar refractivity (Wildman–Crippen MR) is 104 cm³/mol. The van der Waals surface area contributed by atoms with Crippen LogP contribution in [0, 0.1) is 6.92 Å². The number of amides is 1. The van der Waals surface area contributed by atoms with Crippen molar-refractivity contribution >= 4 is 23.5 Å².